The molecule has 51 heavy (non-hydrogen) atoms. The van der Waals surface area contributed by atoms with Crippen molar-refractivity contribution < 1.29 is 169 Å². The molecule has 0 aliphatic heterocycles. The number of carboxylic acid groups (broad SMARTS) is 2. The Morgan fingerprint density at radius 3 is 0.490 bits per heavy atom. The van der Waals surface area contributed by atoms with Crippen LogP contribution in [0.5, 0.6) is 0 Å². The number of carboxylic acids is 2. The van der Waals surface area contributed by atoms with E-state index in [0.29, 0.717) is 0 Å². The summed E-state index contributed by atoms with van der Waals surface area (Å²) < 4.78 is 373. The molecule has 2 N–H and O–H groups in total. The Labute approximate surface area is 265 Å². The van der Waals surface area contributed by atoms with Gasteiger partial charge in [0.1, 0.15) is 0 Å². The van der Waals surface area contributed by atoms with Gasteiger partial charge in [-0.25, -0.2) is 9.59 Å². The third-order valence-electron chi connectivity index (χ3n) is 5.19. The first-order valence-electron chi connectivity index (χ1n) is 10.0. The van der Waals surface area contributed by atoms with Gasteiger partial charge in [0, 0.05) is 17.1 Å². The van der Waals surface area contributed by atoms with Crippen LogP contribution in [0.25, 0.3) is 0 Å². The maximum absolute atomic E-state index is 12.8. The molecule has 0 aromatic rings. The zero-order valence-electron chi connectivity index (χ0n) is 21.4. The average Bonchev–Trinajstić information content (AvgIpc) is 2.86. The molecular formula is C16H2F30MnO4. The van der Waals surface area contributed by atoms with Crippen LogP contribution in [-0.2, 0) is 26.7 Å². The zero-order chi connectivity index (χ0) is 42.2. The molecule has 4 nitrogen and oxygen atoms in total. The maximum atomic E-state index is 12.8. The summed E-state index contributed by atoms with van der Waals surface area (Å²) in [4.78, 5) is 19.4. The number of hydrogen-bond donors (Lipinski definition) is 2. The Balaban J connectivity index is -0.000000886. The maximum Gasteiger partial charge on any atom is 0.460 e. The molecule has 0 bridgehead atoms. The first kappa shape index (κ1) is 52.7. The van der Waals surface area contributed by atoms with E-state index in [-0.39, 0.29) is 17.1 Å². The number of halogens is 30. The van der Waals surface area contributed by atoms with Gasteiger partial charge in [0.15, 0.2) is 0 Å². The topological polar surface area (TPSA) is 74.6 Å². The monoisotopic (exact) mass is 883 g/mol. The Morgan fingerprint density at radius 1 is 0.255 bits per heavy atom. The number of rotatable bonds is 12. The van der Waals surface area contributed by atoms with Crippen LogP contribution in [0.2, 0.25) is 0 Å². The van der Waals surface area contributed by atoms with E-state index in [9.17, 15) is 141 Å². The van der Waals surface area contributed by atoms with Crippen molar-refractivity contribution in [3.05, 3.63) is 0 Å². The van der Waals surface area contributed by atoms with Gasteiger partial charge in [-0.3, -0.25) is 0 Å². The zero-order valence-corrected chi connectivity index (χ0v) is 22.6. The molecule has 0 aliphatic carbocycles. The largest absolute Gasteiger partial charge is 0.477 e. The van der Waals surface area contributed by atoms with Gasteiger partial charge >= 0.3 is 95.4 Å². The molecule has 0 amide bonds. The molecule has 0 aromatic heterocycles. The molecule has 0 saturated carbocycles. The summed E-state index contributed by atoms with van der Waals surface area (Å²) in [5, 5.41) is 15.1. The fraction of sp³-hybridized carbons (Fsp3) is 0.875. The minimum atomic E-state index is -8.47. The van der Waals surface area contributed by atoms with Crippen molar-refractivity contribution in [2.45, 2.75) is 83.4 Å². The van der Waals surface area contributed by atoms with E-state index < -0.39 is 95.4 Å². The van der Waals surface area contributed by atoms with E-state index in [1.165, 1.54) is 0 Å². The van der Waals surface area contributed by atoms with Gasteiger partial charge < -0.3 is 10.2 Å². The quantitative estimate of drug-likeness (QED) is 0.152. The average molecular weight is 883 g/mol. The molecule has 307 valence electrons. The second-order valence-electron chi connectivity index (χ2n) is 8.50. The predicted molar refractivity (Wildman–Crippen MR) is 86.7 cm³/mol. The van der Waals surface area contributed by atoms with E-state index in [1.54, 1.807) is 0 Å². The van der Waals surface area contributed by atoms with Crippen molar-refractivity contribution in [3.8, 4) is 0 Å². The molecule has 0 rings (SSSR count). The van der Waals surface area contributed by atoms with Gasteiger partial charge in [-0.1, -0.05) is 0 Å². The van der Waals surface area contributed by atoms with E-state index >= 15 is 0 Å². The minimum Gasteiger partial charge on any atom is -0.477 e. The van der Waals surface area contributed by atoms with Crippen LogP contribution in [-0.4, -0.2) is 106 Å². The van der Waals surface area contributed by atoms with Crippen LogP contribution >= 0.6 is 0 Å². The number of alkyl halides is 30. The second kappa shape index (κ2) is 13.3. The summed E-state index contributed by atoms with van der Waals surface area (Å²) >= 11 is 0. The van der Waals surface area contributed by atoms with Crippen molar-refractivity contribution >= 4 is 11.9 Å². The second-order valence-corrected chi connectivity index (χ2v) is 8.50. The molecule has 0 fully saturated rings. The first-order chi connectivity index (χ1) is 20.9. The Morgan fingerprint density at radius 2 is 0.373 bits per heavy atom. The third-order valence-corrected chi connectivity index (χ3v) is 5.19. The van der Waals surface area contributed by atoms with Gasteiger partial charge in [0.05, 0.1) is 0 Å². The van der Waals surface area contributed by atoms with Gasteiger partial charge in [-0.05, 0) is 0 Å². The van der Waals surface area contributed by atoms with Crippen LogP contribution in [0.15, 0.2) is 0 Å². The fourth-order valence-corrected chi connectivity index (χ4v) is 2.20. The van der Waals surface area contributed by atoms with Gasteiger partial charge in [-0.2, -0.15) is 132 Å². The predicted octanol–water partition coefficient (Wildman–Crippen LogP) is 8.89. The summed E-state index contributed by atoms with van der Waals surface area (Å²) in [5.41, 5.74) is 0. The fourth-order valence-electron chi connectivity index (χ4n) is 2.20. The van der Waals surface area contributed by atoms with Crippen molar-refractivity contribution in [2.75, 3.05) is 0 Å². The number of hydrogen-bond acceptors (Lipinski definition) is 2. The number of carbonyl (C=O) groups is 2. The van der Waals surface area contributed by atoms with Crippen molar-refractivity contribution in [3.63, 3.8) is 0 Å². The SMILES string of the molecule is O=C(O)C(F)(F)C(F)(F)C(F)(F)C(F)(F)C(F)(F)C(F)(F)C(F)(F)F.O=C(O)C(F)(F)C(F)(F)C(F)(F)C(F)(F)C(F)(F)C(F)(F)C(F)(F)F.[Mn]. The molecule has 0 aliphatic rings. The van der Waals surface area contributed by atoms with Gasteiger partial charge in [-0.15, -0.1) is 0 Å². The van der Waals surface area contributed by atoms with Crippen molar-refractivity contribution in [2.24, 2.45) is 0 Å². The summed E-state index contributed by atoms with van der Waals surface area (Å²) in [6.45, 7) is 0. The van der Waals surface area contributed by atoms with Crippen LogP contribution in [0.3, 0.4) is 0 Å². The molecule has 35 heteroatoms. The van der Waals surface area contributed by atoms with Crippen molar-refractivity contribution in [1.29, 1.82) is 0 Å². The van der Waals surface area contributed by atoms with Crippen LogP contribution < -0.4 is 0 Å². The third kappa shape index (κ3) is 7.07. The van der Waals surface area contributed by atoms with E-state index in [4.69, 9.17) is 10.2 Å². The van der Waals surface area contributed by atoms with Crippen molar-refractivity contribution in [1.82, 2.24) is 0 Å². The summed E-state index contributed by atoms with van der Waals surface area (Å²) in [7, 11) is 0. The van der Waals surface area contributed by atoms with Crippen LogP contribution in [0.4, 0.5) is 132 Å². The molecule has 0 unspecified atom stereocenters. The van der Waals surface area contributed by atoms with Gasteiger partial charge in [0.25, 0.3) is 0 Å². The molecule has 0 saturated heterocycles. The standard InChI is InChI=1S/2C8HF15O2.Mn/c2*9-2(10,1(24)25)3(11,12)4(13,14)5(15,16)6(17,18)7(19,20)8(21,22)23;/h2*(H,24,25);. The smallest absolute Gasteiger partial charge is 0.460 e. The normalized spacial score (nSPS) is 15.8. The van der Waals surface area contributed by atoms with Crippen LogP contribution in [0, 0.1) is 0 Å². The molecule has 1 radical (unpaired) electrons. The summed E-state index contributed by atoms with van der Waals surface area (Å²) in [6.07, 6.45) is -15.4. The molecule has 0 heterocycles. The summed E-state index contributed by atoms with van der Waals surface area (Å²) in [6, 6.07) is 0. The van der Waals surface area contributed by atoms with Crippen LogP contribution in [0.1, 0.15) is 0 Å². The summed E-state index contributed by atoms with van der Waals surface area (Å²) in [5.74, 6) is -106. The molecule has 0 aromatic carbocycles. The number of aliphatic carboxylic acids is 2. The molecular weight excluding hydrogens is 881 g/mol. The van der Waals surface area contributed by atoms with E-state index in [2.05, 4.69) is 0 Å². The molecule has 0 atom stereocenters. The Kier molecular flexibility index (Phi) is 13.8. The Hall–Kier alpha value is -2.64. The minimum absolute atomic E-state index is 0. The van der Waals surface area contributed by atoms with E-state index in [1.807, 2.05) is 0 Å². The Bertz CT molecular complexity index is 1160. The first-order valence-corrected chi connectivity index (χ1v) is 10.0. The molecule has 0 spiro atoms. The van der Waals surface area contributed by atoms with Gasteiger partial charge in [0.2, 0.25) is 0 Å². The van der Waals surface area contributed by atoms with E-state index in [0.717, 1.165) is 0 Å².